The molecule has 0 atom stereocenters. The van der Waals surface area contributed by atoms with Gasteiger partial charge < -0.3 is 9.47 Å². The van der Waals surface area contributed by atoms with Crippen LogP contribution in [0.4, 0.5) is 0 Å². The molecule has 1 heterocycles. The van der Waals surface area contributed by atoms with Gasteiger partial charge in [-0.1, -0.05) is 42.5 Å². The Hall–Kier alpha value is -2.66. The van der Waals surface area contributed by atoms with Crippen molar-refractivity contribution >= 4 is 33.9 Å². The molecule has 1 aliphatic rings. The van der Waals surface area contributed by atoms with Gasteiger partial charge in [0.1, 0.15) is 5.75 Å². The number of esters is 1. The smallest absolute Gasteiger partial charge is 0.363 e. The van der Waals surface area contributed by atoms with Gasteiger partial charge >= 0.3 is 5.97 Å². The van der Waals surface area contributed by atoms with Crippen molar-refractivity contribution < 1.29 is 14.3 Å². The molecule has 2 aromatic rings. The van der Waals surface area contributed by atoms with E-state index in [-0.39, 0.29) is 11.6 Å². The molecule has 0 saturated heterocycles. The first-order chi connectivity index (χ1) is 11.7. The van der Waals surface area contributed by atoms with Crippen LogP contribution in [-0.4, -0.2) is 19.0 Å². The quantitative estimate of drug-likeness (QED) is 0.582. The molecule has 0 aliphatic carbocycles. The van der Waals surface area contributed by atoms with E-state index in [1.807, 2.05) is 36.4 Å². The molecule has 0 spiro atoms. The highest BCUT2D eigenvalue weighted by molar-refractivity contribution is 9.10. The zero-order chi connectivity index (χ0) is 16.9. The number of hydrogen-bond acceptors (Lipinski definition) is 4. The second-order valence-corrected chi connectivity index (χ2v) is 5.83. The number of benzene rings is 2. The number of halogens is 1. The molecule has 0 unspecified atom stereocenters. The Morgan fingerprint density at radius 3 is 2.67 bits per heavy atom. The molecule has 24 heavy (non-hydrogen) atoms. The van der Waals surface area contributed by atoms with Crippen LogP contribution in [0.3, 0.4) is 0 Å². The van der Waals surface area contributed by atoms with Gasteiger partial charge in [0, 0.05) is 5.56 Å². The van der Waals surface area contributed by atoms with Gasteiger partial charge in [0.2, 0.25) is 5.90 Å². The molecule has 0 amide bonds. The number of rotatable bonds is 4. The number of methoxy groups -OCH3 is 1. The molecule has 4 nitrogen and oxygen atoms in total. The van der Waals surface area contributed by atoms with Gasteiger partial charge in [-0.3, -0.25) is 0 Å². The standard InChI is InChI=1S/C19H14BrNO3/c1-23-17-11-10-14(12-15(17)20)18-21-16(19(22)24-18)9-5-8-13-6-3-2-4-7-13/h2-12H,1H3/b8-5+,16-9-. The minimum Gasteiger partial charge on any atom is -0.496 e. The third-order valence-corrected chi connectivity index (χ3v) is 3.98. The Kier molecular flexibility index (Phi) is 4.91. The lowest BCUT2D eigenvalue weighted by molar-refractivity contribution is -0.130. The summed E-state index contributed by atoms with van der Waals surface area (Å²) in [7, 11) is 1.59. The van der Waals surface area contributed by atoms with Crippen LogP contribution in [0.25, 0.3) is 6.08 Å². The Morgan fingerprint density at radius 1 is 1.17 bits per heavy atom. The minimum atomic E-state index is -0.463. The lowest BCUT2D eigenvalue weighted by Gasteiger charge is -2.05. The lowest BCUT2D eigenvalue weighted by atomic mass is 10.2. The van der Waals surface area contributed by atoms with E-state index in [0.717, 1.165) is 10.0 Å². The molecule has 1 aliphatic heterocycles. The average Bonchev–Trinajstić information content (AvgIpc) is 2.97. The Labute approximate surface area is 148 Å². The van der Waals surface area contributed by atoms with E-state index in [0.29, 0.717) is 11.3 Å². The fraction of sp³-hybridized carbons (Fsp3) is 0.0526. The van der Waals surface area contributed by atoms with E-state index >= 15 is 0 Å². The van der Waals surface area contributed by atoms with Crippen LogP contribution in [0.5, 0.6) is 5.75 Å². The summed E-state index contributed by atoms with van der Waals surface area (Å²) in [5.74, 6) is 0.516. The van der Waals surface area contributed by atoms with Gasteiger partial charge in [-0.25, -0.2) is 9.79 Å². The van der Waals surface area contributed by atoms with Gasteiger partial charge in [-0.15, -0.1) is 0 Å². The maximum absolute atomic E-state index is 11.9. The second-order valence-electron chi connectivity index (χ2n) is 4.98. The summed E-state index contributed by atoms with van der Waals surface area (Å²) >= 11 is 3.41. The first-order valence-corrected chi connectivity index (χ1v) is 8.05. The molecule has 2 aromatic carbocycles. The predicted octanol–water partition coefficient (Wildman–Crippen LogP) is 4.36. The van der Waals surface area contributed by atoms with Crippen molar-refractivity contribution in [2.75, 3.05) is 7.11 Å². The van der Waals surface area contributed by atoms with Gasteiger partial charge in [-0.2, -0.15) is 0 Å². The highest BCUT2D eigenvalue weighted by Gasteiger charge is 2.24. The van der Waals surface area contributed by atoms with Gasteiger partial charge in [0.05, 0.1) is 11.6 Å². The van der Waals surface area contributed by atoms with Crippen molar-refractivity contribution in [2.45, 2.75) is 0 Å². The molecule has 0 aromatic heterocycles. The molecular weight excluding hydrogens is 370 g/mol. The number of carbonyl (C=O) groups excluding carboxylic acids is 1. The van der Waals surface area contributed by atoms with E-state index in [1.165, 1.54) is 0 Å². The van der Waals surface area contributed by atoms with Crippen molar-refractivity contribution in [1.82, 2.24) is 0 Å². The van der Waals surface area contributed by atoms with E-state index in [9.17, 15) is 4.79 Å². The van der Waals surface area contributed by atoms with Crippen LogP contribution in [0.1, 0.15) is 11.1 Å². The zero-order valence-electron chi connectivity index (χ0n) is 12.9. The Balaban J connectivity index is 1.81. The van der Waals surface area contributed by atoms with E-state index in [2.05, 4.69) is 20.9 Å². The van der Waals surface area contributed by atoms with Crippen LogP contribution in [-0.2, 0) is 9.53 Å². The molecule has 0 bridgehead atoms. The summed E-state index contributed by atoms with van der Waals surface area (Å²) in [6.45, 7) is 0. The number of cyclic esters (lactones) is 1. The largest absolute Gasteiger partial charge is 0.496 e. The van der Waals surface area contributed by atoms with Crippen LogP contribution in [0.15, 0.2) is 75.8 Å². The van der Waals surface area contributed by atoms with Crippen molar-refractivity contribution in [2.24, 2.45) is 4.99 Å². The maximum Gasteiger partial charge on any atom is 0.363 e. The Morgan fingerprint density at radius 2 is 1.96 bits per heavy atom. The van der Waals surface area contributed by atoms with Crippen LogP contribution < -0.4 is 4.74 Å². The van der Waals surface area contributed by atoms with Gasteiger partial charge in [0.15, 0.2) is 5.70 Å². The number of nitrogens with zero attached hydrogens (tertiary/aromatic N) is 1. The van der Waals surface area contributed by atoms with Crippen LogP contribution in [0.2, 0.25) is 0 Å². The van der Waals surface area contributed by atoms with Crippen molar-refractivity contribution in [3.8, 4) is 5.75 Å². The lowest BCUT2D eigenvalue weighted by Crippen LogP contribution is -2.05. The monoisotopic (exact) mass is 383 g/mol. The summed E-state index contributed by atoms with van der Waals surface area (Å²) < 4.78 is 11.2. The molecule has 0 fully saturated rings. The second kappa shape index (κ2) is 7.27. The number of ether oxygens (including phenoxy) is 2. The van der Waals surface area contributed by atoms with E-state index < -0.39 is 5.97 Å². The third-order valence-electron chi connectivity index (χ3n) is 3.36. The minimum absolute atomic E-state index is 0.268. The number of hydrogen-bond donors (Lipinski definition) is 0. The molecule has 3 rings (SSSR count). The van der Waals surface area contributed by atoms with Crippen molar-refractivity contribution in [3.63, 3.8) is 0 Å². The summed E-state index contributed by atoms with van der Waals surface area (Å²) in [4.78, 5) is 16.2. The van der Waals surface area contributed by atoms with Crippen LogP contribution >= 0.6 is 15.9 Å². The molecular formula is C19H14BrNO3. The Bertz CT molecular complexity index is 854. The number of allylic oxidation sites excluding steroid dienone is 2. The third kappa shape index (κ3) is 3.63. The number of carbonyl (C=O) groups is 1. The molecule has 0 saturated carbocycles. The summed E-state index contributed by atoms with van der Waals surface area (Å²) in [5, 5.41) is 0. The predicted molar refractivity (Wildman–Crippen MR) is 96.9 cm³/mol. The molecule has 0 N–H and O–H groups in total. The first-order valence-electron chi connectivity index (χ1n) is 7.25. The van der Waals surface area contributed by atoms with Crippen molar-refractivity contribution in [3.05, 3.63) is 82.0 Å². The highest BCUT2D eigenvalue weighted by atomic mass is 79.9. The molecule has 5 heteroatoms. The number of aliphatic imine (C=N–C) groups is 1. The summed E-state index contributed by atoms with van der Waals surface area (Å²) in [6.07, 6.45) is 5.32. The normalized spacial score (nSPS) is 15.7. The first kappa shape index (κ1) is 16.2. The summed E-state index contributed by atoms with van der Waals surface area (Å²) in [5.41, 5.74) is 2.01. The van der Waals surface area contributed by atoms with Gasteiger partial charge in [-0.05, 0) is 45.8 Å². The average molecular weight is 384 g/mol. The fourth-order valence-electron chi connectivity index (χ4n) is 2.16. The van der Waals surface area contributed by atoms with Gasteiger partial charge in [0.25, 0.3) is 0 Å². The summed E-state index contributed by atoms with van der Waals surface area (Å²) in [6, 6.07) is 15.2. The zero-order valence-corrected chi connectivity index (χ0v) is 14.5. The topological polar surface area (TPSA) is 47.9 Å². The van der Waals surface area contributed by atoms with E-state index in [4.69, 9.17) is 9.47 Å². The molecule has 0 radical (unpaired) electrons. The fourth-order valence-corrected chi connectivity index (χ4v) is 2.70. The maximum atomic E-state index is 11.9. The van der Waals surface area contributed by atoms with E-state index in [1.54, 1.807) is 37.5 Å². The molecule has 120 valence electrons. The SMILES string of the molecule is COc1ccc(C2=N/C(=C\C=C\c3ccccc3)C(=O)O2)cc1Br. The van der Waals surface area contributed by atoms with Crippen molar-refractivity contribution in [1.29, 1.82) is 0 Å². The highest BCUT2D eigenvalue weighted by Crippen LogP contribution is 2.27. The van der Waals surface area contributed by atoms with Crippen LogP contribution in [0, 0.1) is 0 Å².